The first-order valence-electron chi connectivity index (χ1n) is 8.55. The molecule has 2 amide bonds. The Bertz CT molecular complexity index is 642. The van der Waals surface area contributed by atoms with E-state index in [1.165, 1.54) is 0 Å². The van der Waals surface area contributed by atoms with Crippen molar-refractivity contribution >= 4 is 6.03 Å². The molecule has 0 spiro atoms. The Morgan fingerprint density at radius 3 is 2.36 bits per heavy atom. The predicted molar refractivity (Wildman–Crippen MR) is 98.5 cm³/mol. The number of urea groups is 1. The third-order valence-corrected chi connectivity index (χ3v) is 3.64. The van der Waals surface area contributed by atoms with E-state index >= 15 is 0 Å². The lowest BCUT2D eigenvalue weighted by molar-refractivity contribution is 0.167. The van der Waals surface area contributed by atoms with E-state index in [1.54, 1.807) is 0 Å². The maximum absolute atomic E-state index is 11.8. The summed E-state index contributed by atoms with van der Waals surface area (Å²) in [5, 5.41) is 15.6. The van der Waals surface area contributed by atoms with Crippen molar-refractivity contribution in [1.82, 2.24) is 10.6 Å². The Morgan fingerprint density at radius 2 is 1.72 bits per heavy atom. The molecule has 2 rings (SSSR count). The van der Waals surface area contributed by atoms with Gasteiger partial charge in [0.15, 0.2) is 0 Å². The maximum Gasteiger partial charge on any atom is 0.315 e. The molecule has 5 heteroatoms. The van der Waals surface area contributed by atoms with Crippen LogP contribution in [0.2, 0.25) is 0 Å². The molecule has 0 fully saturated rings. The quantitative estimate of drug-likeness (QED) is 0.688. The fourth-order valence-electron chi connectivity index (χ4n) is 2.37. The molecular formula is C20H26N2O3. The van der Waals surface area contributed by atoms with Gasteiger partial charge in [-0.05, 0) is 43.5 Å². The van der Waals surface area contributed by atoms with Gasteiger partial charge in [0.25, 0.3) is 0 Å². The zero-order valence-corrected chi connectivity index (χ0v) is 14.7. The van der Waals surface area contributed by atoms with Crippen molar-refractivity contribution in [2.45, 2.75) is 39.0 Å². The lowest BCUT2D eigenvalue weighted by Crippen LogP contribution is -2.36. The van der Waals surface area contributed by atoms with Gasteiger partial charge in [-0.1, -0.05) is 42.5 Å². The highest BCUT2D eigenvalue weighted by atomic mass is 16.5. The molecule has 2 aromatic rings. The average molecular weight is 342 g/mol. The molecule has 0 saturated carbocycles. The molecule has 0 saturated heterocycles. The van der Waals surface area contributed by atoms with Crippen molar-refractivity contribution in [2.24, 2.45) is 0 Å². The maximum atomic E-state index is 11.8. The summed E-state index contributed by atoms with van der Waals surface area (Å²) >= 11 is 0. The van der Waals surface area contributed by atoms with Gasteiger partial charge in [0.05, 0.1) is 12.2 Å². The van der Waals surface area contributed by atoms with Gasteiger partial charge in [-0.25, -0.2) is 4.79 Å². The zero-order valence-electron chi connectivity index (χ0n) is 14.7. The number of carbonyl (C=O) groups is 1. The second kappa shape index (κ2) is 9.69. The molecule has 1 unspecified atom stereocenters. The van der Waals surface area contributed by atoms with Gasteiger partial charge < -0.3 is 20.5 Å². The molecule has 0 radical (unpaired) electrons. The largest absolute Gasteiger partial charge is 0.491 e. The van der Waals surface area contributed by atoms with E-state index < -0.39 is 6.10 Å². The number of hydrogen-bond acceptors (Lipinski definition) is 3. The number of rotatable bonds is 8. The van der Waals surface area contributed by atoms with Crippen molar-refractivity contribution < 1.29 is 14.6 Å². The molecule has 2 aromatic carbocycles. The number of benzene rings is 2. The van der Waals surface area contributed by atoms with E-state index in [0.717, 1.165) is 16.9 Å². The molecule has 5 nitrogen and oxygen atoms in total. The first kappa shape index (κ1) is 18.8. The summed E-state index contributed by atoms with van der Waals surface area (Å²) in [7, 11) is 0. The van der Waals surface area contributed by atoms with Crippen LogP contribution in [0, 0.1) is 0 Å². The fraction of sp³-hybridized carbons (Fsp3) is 0.350. The predicted octanol–water partition coefficient (Wildman–Crippen LogP) is 3.40. The van der Waals surface area contributed by atoms with Gasteiger partial charge in [0.2, 0.25) is 0 Å². The fourth-order valence-corrected chi connectivity index (χ4v) is 2.37. The monoisotopic (exact) mass is 342 g/mol. The lowest BCUT2D eigenvalue weighted by atomic mass is 10.1. The number of amides is 2. The van der Waals surface area contributed by atoms with E-state index in [4.69, 9.17) is 4.74 Å². The van der Waals surface area contributed by atoms with Crippen molar-refractivity contribution in [1.29, 1.82) is 0 Å². The van der Waals surface area contributed by atoms with Gasteiger partial charge in [-0.3, -0.25) is 0 Å². The van der Waals surface area contributed by atoms with E-state index in [1.807, 2.05) is 68.4 Å². The summed E-state index contributed by atoms with van der Waals surface area (Å²) in [6.07, 6.45) is 0.0366. The molecule has 0 aliphatic carbocycles. The van der Waals surface area contributed by atoms with Crippen molar-refractivity contribution in [3.63, 3.8) is 0 Å². The topological polar surface area (TPSA) is 70.6 Å². The first-order valence-corrected chi connectivity index (χ1v) is 8.55. The van der Waals surface area contributed by atoms with Gasteiger partial charge in [0, 0.05) is 13.1 Å². The lowest BCUT2D eigenvalue weighted by Gasteiger charge is -2.13. The molecule has 1 atom stereocenters. The normalized spacial score (nSPS) is 11.8. The third kappa shape index (κ3) is 6.85. The number of ether oxygens (including phenoxy) is 1. The highest BCUT2D eigenvalue weighted by molar-refractivity contribution is 5.73. The van der Waals surface area contributed by atoms with Crippen LogP contribution in [0.5, 0.6) is 5.75 Å². The molecule has 0 aliphatic rings. The molecule has 0 aliphatic heterocycles. The summed E-state index contributed by atoms with van der Waals surface area (Å²) in [6, 6.07) is 16.8. The van der Waals surface area contributed by atoms with Crippen LogP contribution in [0.1, 0.15) is 37.5 Å². The third-order valence-electron chi connectivity index (χ3n) is 3.64. The SMILES string of the molecule is CC(C)Oc1ccc(CNC(=O)NCCC(O)c2ccccc2)cc1. The molecule has 0 aromatic heterocycles. The highest BCUT2D eigenvalue weighted by Crippen LogP contribution is 2.15. The average Bonchev–Trinajstić information content (AvgIpc) is 2.61. The summed E-state index contributed by atoms with van der Waals surface area (Å²) in [4.78, 5) is 11.8. The van der Waals surface area contributed by atoms with Crippen molar-refractivity contribution in [3.05, 3.63) is 65.7 Å². The van der Waals surface area contributed by atoms with Crippen LogP contribution in [-0.4, -0.2) is 23.8 Å². The molecule has 134 valence electrons. The minimum atomic E-state index is -0.574. The van der Waals surface area contributed by atoms with E-state index in [9.17, 15) is 9.90 Å². The minimum absolute atomic E-state index is 0.140. The Morgan fingerprint density at radius 1 is 1.04 bits per heavy atom. The minimum Gasteiger partial charge on any atom is -0.491 e. The van der Waals surface area contributed by atoms with Crippen LogP contribution in [0.4, 0.5) is 4.79 Å². The summed E-state index contributed by atoms with van der Waals surface area (Å²) in [5.74, 6) is 0.818. The van der Waals surface area contributed by atoms with E-state index in [-0.39, 0.29) is 12.1 Å². The Kier molecular flexibility index (Phi) is 7.29. The number of aliphatic hydroxyl groups excluding tert-OH is 1. The highest BCUT2D eigenvalue weighted by Gasteiger charge is 2.07. The first-order chi connectivity index (χ1) is 12.0. The molecule has 0 bridgehead atoms. The Balaban J connectivity index is 1.67. The second-order valence-electron chi connectivity index (χ2n) is 6.14. The number of nitrogens with one attached hydrogen (secondary N) is 2. The Labute approximate surface area is 149 Å². The van der Waals surface area contributed by atoms with Crippen LogP contribution >= 0.6 is 0 Å². The van der Waals surface area contributed by atoms with Gasteiger partial charge >= 0.3 is 6.03 Å². The van der Waals surface area contributed by atoms with Crippen LogP contribution in [-0.2, 0) is 6.54 Å². The number of aliphatic hydroxyl groups is 1. The van der Waals surface area contributed by atoms with Gasteiger partial charge in [-0.2, -0.15) is 0 Å². The van der Waals surface area contributed by atoms with Crippen molar-refractivity contribution in [3.8, 4) is 5.75 Å². The van der Waals surface area contributed by atoms with Gasteiger partial charge in [-0.15, -0.1) is 0 Å². The molecule has 0 heterocycles. The molecule has 3 N–H and O–H groups in total. The van der Waals surface area contributed by atoms with Crippen LogP contribution in [0.25, 0.3) is 0 Å². The van der Waals surface area contributed by atoms with Crippen LogP contribution in [0.15, 0.2) is 54.6 Å². The zero-order chi connectivity index (χ0) is 18.1. The summed E-state index contributed by atoms with van der Waals surface area (Å²) in [5.41, 5.74) is 1.85. The van der Waals surface area contributed by atoms with Gasteiger partial charge in [0.1, 0.15) is 5.75 Å². The molecular weight excluding hydrogens is 316 g/mol. The standard InChI is InChI=1S/C20H26N2O3/c1-15(2)25-18-10-8-16(9-11-18)14-22-20(24)21-13-12-19(23)17-6-4-3-5-7-17/h3-11,15,19,23H,12-14H2,1-2H3,(H2,21,22,24). The smallest absolute Gasteiger partial charge is 0.315 e. The van der Waals surface area contributed by atoms with Crippen LogP contribution < -0.4 is 15.4 Å². The van der Waals surface area contributed by atoms with E-state index in [0.29, 0.717) is 19.5 Å². The number of carbonyl (C=O) groups excluding carboxylic acids is 1. The summed E-state index contributed by atoms with van der Waals surface area (Å²) in [6.45, 7) is 4.81. The summed E-state index contributed by atoms with van der Waals surface area (Å²) < 4.78 is 5.58. The number of hydrogen-bond donors (Lipinski definition) is 3. The van der Waals surface area contributed by atoms with E-state index in [2.05, 4.69) is 10.6 Å². The Hall–Kier alpha value is -2.53. The second-order valence-corrected chi connectivity index (χ2v) is 6.14. The molecule has 25 heavy (non-hydrogen) atoms. The van der Waals surface area contributed by atoms with Crippen molar-refractivity contribution in [2.75, 3.05) is 6.54 Å². The van der Waals surface area contributed by atoms with Crippen LogP contribution in [0.3, 0.4) is 0 Å².